The maximum absolute atomic E-state index is 14.5. The van der Waals surface area contributed by atoms with Gasteiger partial charge in [0.05, 0.1) is 5.56 Å². The van der Waals surface area contributed by atoms with Crippen LogP contribution in [-0.2, 0) is 27.2 Å². The third-order valence-electron chi connectivity index (χ3n) is 10.1. The molecule has 1 fully saturated rings. The smallest absolute Gasteiger partial charge is 0.203 e. The van der Waals surface area contributed by atoms with Crippen molar-refractivity contribution in [3.05, 3.63) is 69.5 Å². The maximum Gasteiger partial charge on any atom is 0.203 e. The molecular weight excluding hydrogens is 548 g/mol. The third-order valence-corrected chi connectivity index (χ3v) is 10.1. The Morgan fingerprint density at radius 1 is 0.977 bits per heavy atom. The highest BCUT2D eigenvalue weighted by atomic mass is 16.3. The van der Waals surface area contributed by atoms with Gasteiger partial charge in [-0.3, -0.25) is 19.2 Å². The van der Waals surface area contributed by atoms with Gasteiger partial charge in [-0.05, 0) is 73.4 Å². The first-order valence-electron chi connectivity index (χ1n) is 14.6. The third kappa shape index (κ3) is 3.92. The van der Waals surface area contributed by atoms with Crippen LogP contribution in [0.15, 0.2) is 47.2 Å². The van der Waals surface area contributed by atoms with Crippen LogP contribution in [0.3, 0.4) is 0 Å². The molecule has 2 aromatic carbocycles. The highest BCUT2D eigenvalue weighted by Crippen LogP contribution is 2.65. The number of aliphatic hydroxyl groups excluding tert-OH is 2. The van der Waals surface area contributed by atoms with Gasteiger partial charge in [0.1, 0.15) is 22.8 Å². The van der Waals surface area contributed by atoms with Crippen LogP contribution in [0.4, 0.5) is 0 Å². The lowest BCUT2D eigenvalue weighted by Crippen LogP contribution is -2.69. The van der Waals surface area contributed by atoms with E-state index in [0.29, 0.717) is 23.1 Å². The molecule has 3 aliphatic rings. The number of carbonyl (C=O) groups is 4. The van der Waals surface area contributed by atoms with Gasteiger partial charge in [-0.2, -0.15) is 0 Å². The Kier molecular flexibility index (Phi) is 6.89. The van der Waals surface area contributed by atoms with Crippen molar-refractivity contribution >= 4 is 28.9 Å². The Bertz CT molecular complexity index is 1710. The second kappa shape index (κ2) is 9.74. The fourth-order valence-corrected chi connectivity index (χ4v) is 8.32. The van der Waals surface area contributed by atoms with E-state index in [1.807, 2.05) is 13.0 Å². The number of carbonyl (C=O) groups excluding carboxylic acids is 4. The topological polar surface area (TPSA) is 149 Å². The highest BCUT2D eigenvalue weighted by Gasteiger charge is 2.72. The standard InChI is InChI=1S/C35H38O8/c1-8-19-9-10-20(17(4)36)13-22(19)21-11-12-24(38)26-23(21)14-33(6)15-34(7)27(16(2)3)29(39)25(18(5)37)31(41)35(34,43)32(42)28(33)30(26)40/h9-13,16,27,38,40-41,43H,8,14-15H2,1-7H3/t27?,33-,34-,35+/m1/s1. The predicted octanol–water partition coefficient (Wildman–Crippen LogP) is 5.62. The number of phenolic OH excluding ortho intramolecular Hbond substituents is 1. The molecule has 2 aromatic rings. The molecule has 4 N–H and O–H groups in total. The highest BCUT2D eigenvalue weighted by molar-refractivity contribution is 6.24. The van der Waals surface area contributed by atoms with Crippen molar-refractivity contribution in [2.24, 2.45) is 22.7 Å². The van der Waals surface area contributed by atoms with Crippen molar-refractivity contribution in [1.29, 1.82) is 0 Å². The van der Waals surface area contributed by atoms with Crippen LogP contribution in [0.2, 0.25) is 0 Å². The molecule has 1 saturated carbocycles. The number of allylic oxidation sites excluding steroid dienone is 1. The Hall–Kier alpha value is -4.04. The fourth-order valence-electron chi connectivity index (χ4n) is 8.32. The van der Waals surface area contributed by atoms with E-state index < -0.39 is 62.7 Å². The van der Waals surface area contributed by atoms with Gasteiger partial charge in [0.2, 0.25) is 5.78 Å². The van der Waals surface area contributed by atoms with Crippen molar-refractivity contribution < 1.29 is 39.6 Å². The summed E-state index contributed by atoms with van der Waals surface area (Å²) in [6.07, 6.45) is 0.812. The molecule has 0 spiro atoms. The van der Waals surface area contributed by atoms with Gasteiger partial charge in [0.15, 0.2) is 23.0 Å². The average molecular weight is 587 g/mol. The van der Waals surface area contributed by atoms with Gasteiger partial charge in [0.25, 0.3) is 0 Å². The lowest BCUT2D eigenvalue weighted by atomic mass is 9.43. The van der Waals surface area contributed by atoms with Crippen molar-refractivity contribution in [3.8, 4) is 16.9 Å². The monoisotopic (exact) mass is 586 g/mol. The minimum Gasteiger partial charge on any atom is -0.508 e. The van der Waals surface area contributed by atoms with Crippen molar-refractivity contribution in [3.63, 3.8) is 0 Å². The number of Topliss-reactive ketones (excluding diaryl/α,β-unsaturated/α-hetero) is 4. The lowest BCUT2D eigenvalue weighted by Gasteiger charge is -2.59. The number of phenols is 1. The van der Waals surface area contributed by atoms with Gasteiger partial charge in [-0.25, -0.2) is 0 Å². The largest absolute Gasteiger partial charge is 0.508 e. The summed E-state index contributed by atoms with van der Waals surface area (Å²) in [5.41, 5.74) is -2.61. The van der Waals surface area contributed by atoms with E-state index in [2.05, 4.69) is 0 Å². The van der Waals surface area contributed by atoms with Gasteiger partial charge in [-0.1, -0.05) is 52.8 Å². The molecule has 5 rings (SSSR count). The van der Waals surface area contributed by atoms with E-state index >= 15 is 0 Å². The molecule has 8 nitrogen and oxygen atoms in total. The summed E-state index contributed by atoms with van der Waals surface area (Å²) in [6, 6.07) is 8.58. The van der Waals surface area contributed by atoms with E-state index in [-0.39, 0.29) is 35.5 Å². The van der Waals surface area contributed by atoms with E-state index in [4.69, 9.17) is 0 Å². The first-order chi connectivity index (χ1) is 20.0. The van der Waals surface area contributed by atoms with Crippen LogP contribution in [0.25, 0.3) is 16.9 Å². The molecule has 0 aromatic heterocycles. The quantitative estimate of drug-likeness (QED) is 0.260. The molecule has 43 heavy (non-hydrogen) atoms. The maximum atomic E-state index is 14.5. The average Bonchev–Trinajstić information content (AvgIpc) is 2.90. The molecule has 1 unspecified atom stereocenters. The Morgan fingerprint density at radius 3 is 2.19 bits per heavy atom. The van der Waals surface area contributed by atoms with Gasteiger partial charge in [-0.15, -0.1) is 0 Å². The number of hydrogen-bond acceptors (Lipinski definition) is 8. The zero-order valence-corrected chi connectivity index (χ0v) is 25.6. The van der Waals surface area contributed by atoms with Crippen LogP contribution in [0, 0.1) is 22.7 Å². The second-order valence-corrected chi connectivity index (χ2v) is 13.2. The van der Waals surface area contributed by atoms with Crippen LogP contribution in [0.5, 0.6) is 5.75 Å². The molecule has 3 aliphatic carbocycles. The Morgan fingerprint density at radius 2 is 1.63 bits per heavy atom. The second-order valence-electron chi connectivity index (χ2n) is 13.2. The molecule has 0 radical (unpaired) electrons. The van der Waals surface area contributed by atoms with Gasteiger partial charge in [0, 0.05) is 27.9 Å². The number of aryl methyl sites for hydroxylation is 1. The number of benzene rings is 2. The molecule has 0 bridgehead atoms. The molecule has 0 aliphatic heterocycles. The molecule has 8 heteroatoms. The minimum atomic E-state index is -2.66. The molecule has 4 atom stereocenters. The van der Waals surface area contributed by atoms with E-state index in [0.717, 1.165) is 18.1 Å². The molecule has 226 valence electrons. The van der Waals surface area contributed by atoms with Gasteiger partial charge < -0.3 is 20.4 Å². The van der Waals surface area contributed by atoms with Crippen LogP contribution in [0.1, 0.15) is 81.9 Å². The zero-order valence-electron chi connectivity index (χ0n) is 25.6. The number of rotatable bonds is 5. The molecule has 0 amide bonds. The van der Waals surface area contributed by atoms with E-state index in [1.54, 1.807) is 45.9 Å². The summed E-state index contributed by atoms with van der Waals surface area (Å²) in [5, 5.41) is 46.3. The number of fused-ring (bicyclic) bond motifs is 3. The first-order valence-corrected chi connectivity index (χ1v) is 14.6. The summed E-state index contributed by atoms with van der Waals surface area (Å²) < 4.78 is 0. The summed E-state index contributed by atoms with van der Waals surface area (Å²) in [7, 11) is 0. The Balaban J connectivity index is 1.84. The summed E-state index contributed by atoms with van der Waals surface area (Å²) >= 11 is 0. The van der Waals surface area contributed by atoms with Crippen LogP contribution >= 0.6 is 0 Å². The number of aliphatic hydroxyl groups is 3. The zero-order chi connectivity index (χ0) is 32.0. The van der Waals surface area contributed by atoms with Crippen LogP contribution in [-0.4, -0.2) is 49.2 Å². The van der Waals surface area contributed by atoms with Crippen molar-refractivity contribution in [2.45, 2.75) is 73.3 Å². The minimum absolute atomic E-state index is 0.00806. The van der Waals surface area contributed by atoms with E-state index in [1.165, 1.54) is 13.0 Å². The van der Waals surface area contributed by atoms with Crippen molar-refractivity contribution in [2.75, 3.05) is 0 Å². The first kappa shape index (κ1) is 30.4. The molecule has 0 saturated heterocycles. The number of aromatic hydroxyl groups is 1. The lowest BCUT2D eigenvalue weighted by molar-refractivity contribution is -0.178. The predicted molar refractivity (Wildman–Crippen MR) is 161 cm³/mol. The normalized spacial score (nSPS) is 28.5. The number of hydrogen-bond donors (Lipinski definition) is 4. The van der Waals surface area contributed by atoms with Crippen molar-refractivity contribution in [1.82, 2.24) is 0 Å². The number of ketones is 4. The van der Waals surface area contributed by atoms with Crippen LogP contribution < -0.4 is 0 Å². The summed E-state index contributed by atoms with van der Waals surface area (Å²) in [6.45, 7) is 11.5. The molecule has 0 heterocycles. The molecular formula is C35H38O8. The van der Waals surface area contributed by atoms with Gasteiger partial charge >= 0.3 is 0 Å². The summed E-state index contributed by atoms with van der Waals surface area (Å²) in [4.78, 5) is 53.0. The SMILES string of the molecule is CCc1ccc(C(C)=O)cc1-c1ccc(O)c2c1C[C@]1(C)C[C@]3(C)C(C(C)C)C(=O)C(C(C)=O)=C(O)[C@]3(O)C(=O)C1=C2O. The van der Waals surface area contributed by atoms with E-state index in [9.17, 15) is 39.6 Å². The Labute approximate surface area is 250 Å². The fraction of sp³-hybridized carbons (Fsp3) is 0.429. The summed E-state index contributed by atoms with van der Waals surface area (Å²) in [5.74, 6) is -5.68.